The molecule has 7 heteroatoms. The minimum atomic E-state index is -0.706. The second-order valence-electron chi connectivity index (χ2n) is 8.31. The van der Waals surface area contributed by atoms with Gasteiger partial charge in [-0.25, -0.2) is 0 Å². The van der Waals surface area contributed by atoms with Gasteiger partial charge in [0, 0.05) is 24.7 Å². The standard InChI is InChI=1S/C11H13BrN2O.C9H17NO2/c12-9-1-2-10-8-3-7(4-13-5-8)6-14(10)11(9)15;10-7-9(6-8(11)12)4-2-1-3-5-9/h1-2,7-8,13H,3-6H2;1-7,10H2,(H,11,12). The van der Waals surface area contributed by atoms with E-state index < -0.39 is 5.97 Å². The monoisotopic (exact) mass is 439 g/mol. The van der Waals surface area contributed by atoms with E-state index >= 15 is 0 Å². The summed E-state index contributed by atoms with van der Waals surface area (Å²) in [6, 6.07) is 3.96. The summed E-state index contributed by atoms with van der Waals surface area (Å²) in [7, 11) is 0. The average Bonchev–Trinajstić information content (AvgIpc) is 2.66. The van der Waals surface area contributed by atoms with Crippen LogP contribution in [-0.4, -0.2) is 35.3 Å². The average molecular weight is 440 g/mol. The predicted molar refractivity (Wildman–Crippen MR) is 109 cm³/mol. The first-order chi connectivity index (χ1) is 12.9. The van der Waals surface area contributed by atoms with Crippen LogP contribution in [0.2, 0.25) is 0 Å². The van der Waals surface area contributed by atoms with Gasteiger partial charge in [-0.1, -0.05) is 19.3 Å². The number of piperidine rings is 1. The Bertz CT molecular complexity index is 728. The molecule has 2 aliphatic heterocycles. The number of carboxylic acids is 1. The van der Waals surface area contributed by atoms with E-state index in [1.165, 1.54) is 18.5 Å². The smallest absolute Gasteiger partial charge is 0.303 e. The lowest BCUT2D eigenvalue weighted by Gasteiger charge is -2.37. The van der Waals surface area contributed by atoms with Gasteiger partial charge in [0.2, 0.25) is 0 Å². The number of nitrogens with two attached hydrogens (primary N) is 1. The first kappa shape index (κ1) is 20.6. The van der Waals surface area contributed by atoms with Crippen molar-refractivity contribution in [2.75, 3.05) is 19.6 Å². The number of nitrogens with one attached hydrogen (secondary N) is 1. The molecule has 1 aliphatic carbocycles. The van der Waals surface area contributed by atoms with E-state index in [4.69, 9.17) is 10.8 Å². The number of aromatic nitrogens is 1. The predicted octanol–water partition coefficient (Wildman–Crippen LogP) is 2.69. The third-order valence-corrected chi connectivity index (χ3v) is 6.94. The Morgan fingerprint density at radius 3 is 2.70 bits per heavy atom. The van der Waals surface area contributed by atoms with Crippen LogP contribution in [0.4, 0.5) is 0 Å². The van der Waals surface area contributed by atoms with Crippen LogP contribution >= 0.6 is 15.9 Å². The van der Waals surface area contributed by atoms with E-state index in [0.717, 1.165) is 45.3 Å². The number of nitrogens with zero attached hydrogens (tertiary/aromatic N) is 1. The zero-order chi connectivity index (χ0) is 19.4. The second kappa shape index (κ2) is 8.88. The Labute approximate surface area is 168 Å². The zero-order valence-electron chi connectivity index (χ0n) is 15.8. The van der Waals surface area contributed by atoms with Crippen molar-refractivity contribution in [3.05, 3.63) is 32.7 Å². The molecule has 6 nitrogen and oxygen atoms in total. The van der Waals surface area contributed by atoms with Crippen LogP contribution in [0.15, 0.2) is 21.4 Å². The van der Waals surface area contributed by atoms with Gasteiger partial charge >= 0.3 is 5.97 Å². The summed E-state index contributed by atoms with van der Waals surface area (Å²) in [6.07, 6.45) is 7.00. The van der Waals surface area contributed by atoms with E-state index in [1.54, 1.807) is 0 Å². The third-order valence-electron chi connectivity index (χ3n) is 6.34. The van der Waals surface area contributed by atoms with Gasteiger partial charge in [0.1, 0.15) is 0 Å². The van der Waals surface area contributed by atoms with Gasteiger partial charge < -0.3 is 20.7 Å². The molecule has 3 heterocycles. The van der Waals surface area contributed by atoms with Crippen LogP contribution in [0.1, 0.15) is 56.6 Å². The minimum Gasteiger partial charge on any atom is -0.481 e. The Kier molecular flexibility index (Phi) is 6.76. The fourth-order valence-corrected chi connectivity index (χ4v) is 5.19. The van der Waals surface area contributed by atoms with E-state index in [2.05, 4.69) is 27.3 Å². The summed E-state index contributed by atoms with van der Waals surface area (Å²) >= 11 is 3.31. The highest BCUT2D eigenvalue weighted by Crippen LogP contribution is 2.38. The summed E-state index contributed by atoms with van der Waals surface area (Å²) in [5.41, 5.74) is 6.87. The molecule has 150 valence electrons. The van der Waals surface area contributed by atoms with Gasteiger partial charge in [0.05, 0.1) is 10.9 Å². The minimum absolute atomic E-state index is 0.0793. The van der Waals surface area contributed by atoms with Gasteiger partial charge in [0.15, 0.2) is 0 Å². The van der Waals surface area contributed by atoms with Crippen molar-refractivity contribution in [1.82, 2.24) is 9.88 Å². The van der Waals surface area contributed by atoms with E-state index in [1.807, 2.05) is 10.6 Å². The van der Waals surface area contributed by atoms with Crippen molar-refractivity contribution >= 4 is 21.9 Å². The molecule has 4 N–H and O–H groups in total. The molecule has 3 aliphatic rings. The van der Waals surface area contributed by atoms with Crippen LogP contribution in [0.25, 0.3) is 0 Å². The van der Waals surface area contributed by atoms with Crippen LogP contribution in [0.5, 0.6) is 0 Å². The highest BCUT2D eigenvalue weighted by Gasteiger charge is 2.33. The highest BCUT2D eigenvalue weighted by molar-refractivity contribution is 9.10. The number of hydrogen-bond donors (Lipinski definition) is 3. The van der Waals surface area contributed by atoms with Gasteiger partial charge in [-0.05, 0) is 71.7 Å². The SMILES string of the molecule is NCC1(CC(=O)O)CCCCC1.O=c1c(Br)ccc2n1CC1CNCC2C1. The molecule has 1 aromatic rings. The molecule has 2 bridgehead atoms. The highest BCUT2D eigenvalue weighted by atomic mass is 79.9. The Balaban J connectivity index is 0.000000161. The van der Waals surface area contributed by atoms with Crippen molar-refractivity contribution in [3.8, 4) is 0 Å². The van der Waals surface area contributed by atoms with Crippen molar-refractivity contribution in [2.24, 2.45) is 17.1 Å². The lowest BCUT2D eigenvalue weighted by Crippen LogP contribution is -2.44. The maximum atomic E-state index is 11.9. The molecule has 1 saturated carbocycles. The molecule has 2 atom stereocenters. The van der Waals surface area contributed by atoms with Gasteiger partial charge in [0.25, 0.3) is 5.56 Å². The van der Waals surface area contributed by atoms with Gasteiger partial charge in [-0.3, -0.25) is 9.59 Å². The summed E-state index contributed by atoms with van der Waals surface area (Å²) in [5.74, 6) is 0.448. The summed E-state index contributed by atoms with van der Waals surface area (Å²) in [5, 5.41) is 12.1. The number of hydrogen-bond acceptors (Lipinski definition) is 4. The molecule has 0 radical (unpaired) electrons. The molecule has 1 saturated heterocycles. The van der Waals surface area contributed by atoms with E-state index in [-0.39, 0.29) is 17.4 Å². The van der Waals surface area contributed by atoms with E-state index in [9.17, 15) is 9.59 Å². The third kappa shape index (κ3) is 4.81. The topological polar surface area (TPSA) is 97.4 Å². The van der Waals surface area contributed by atoms with Crippen molar-refractivity contribution in [3.63, 3.8) is 0 Å². The molecule has 4 rings (SSSR count). The fraction of sp³-hybridized carbons (Fsp3) is 0.700. The number of pyridine rings is 1. The van der Waals surface area contributed by atoms with Crippen LogP contribution in [0, 0.1) is 11.3 Å². The van der Waals surface area contributed by atoms with Crippen LogP contribution in [0.3, 0.4) is 0 Å². The number of carbonyl (C=O) groups is 1. The summed E-state index contributed by atoms with van der Waals surface area (Å²) < 4.78 is 2.63. The van der Waals surface area contributed by atoms with Crippen LogP contribution < -0.4 is 16.6 Å². The first-order valence-electron chi connectivity index (χ1n) is 9.96. The molecule has 0 spiro atoms. The Morgan fingerprint density at radius 2 is 2.04 bits per heavy atom. The largest absolute Gasteiger partial charge is 0.481 e. The first-order valence-corrected chi connectivity index (χ1v) is 10.8. The fourth-order valence-electron chi connectivity index (χ4n) is 4.84. The summed E-state index contributed by atoms with van der Waals surface area (Å²) in [4.78, 5) is 22.5. The number of rotatable bonds is 3. The number of carboxylic acid groups (broad SMARTS) is 1. The van der Waals surface area contributed by atoms with E-state index in [0.29, 0.717) is 22.9 Å². The van der Waals surface area contributed by atoms with Crippen molar-refractivity contribution in [2.45, 2.75) is 57.4 Å². The molecule has 0 amide bonds. The number of aliphatic carboxylic acids is 1. The lowest BCUT2D eigenvalue weighted by atomic mass is 9.72. The maximum absolute atomic E-state index is 11.9. The molecular formula is C20H30BrN3O3. The molecular weight excluding hydrogens is 410 g/mol. The quantitative estimate of drug-likeness (QED) is 0.672. The Hall–Kier alpha value is -1.18. The second-order valence-corrected chi connectivity index (χ2v) is 9.17. The van der Waals surface area contributed by atoms with Crippen molar-refractivity contribution < 1.29 is 9.90 Å². The van der Waals surface area contributed by atoms with Crippen molar-refractivity contribution in [1.29, 1.82) is 0 Å². The lowest BCUT2D eigenvalue weighted by molar-refractivity contribution is -0.140. The molecule has 27 heavy (non-hydrogen) atoms. The maximum Gasteiger partial charge on any atom is 0.303 e. The Morgan fingerprint density at radius 1 is 1.30 bits per heavy atom. The van der Waals surface area contributed by atoms with Gasteiger partial charge in [-0.15, -0.1) is 0 Å². The number of halogens is 1. The summed E-state index contributed by atoms with van der Waals surface area (Å²) in [6.45, 7) is 3.46. The molecule has 1 aromatic heterocycles. The van der Waals surface area contributed by atoms with Crippen LogP contribution in [-0.2, 0) is 11.3 Å². The normalized spacial score (nSPS) is 25.7. The zero-order valence-corrected chi connectivity index (χ0v) is 17.3. The molecule has 0 aromatic carbocycles. The number of fused-ring (bicyclic) bond motifs is 4. The molecule has 2 fully saturated rings. The van der Waals surface area contributed by atoms with Gasteiger partial charge in [-0.2, -0.15) is 0 Å². The molecule has 2 unspecified atom stereocenters.